The van der Waals surface area contributed by atoms with Crippen LogP contribution >= 0.6 is 28.6 Å². The summed E-state index contributed by atoms with van der Waals surface area (Å²) in [5.74, 6) is 0.833. The van der Waals surface area contributed by atoms with E-state index >= 15 is 0 Å². The van der Waals surface area contributed by atoms with E-state index in [9.17, 15) is 0 Å². The van der Waals surface area contributed by atoms with Gasteiger partial charge in [-0.3, -0.25) is 0 Å². The van der Waals surface area contributed by atoms with E-state index in [4.69, 9.17) is 0 Å². The summed E-state index contributed by atoms with van der Waals surface area (Å²) >= 11 is 7.42. The number of thiol groups is 1. The molecule has 0 fully saturated rings. The van der Waals surface area contributed by atoms with Crippen molar-refractivity contribution in [1.82, 2.24) is 0 Å². The zero-order valence-corrected chi connectivity index (χ0v) is 10.2. The van der Waals surface area contributed by atoms with Crippen LogP contribution in [0.5, 0.6) is 0 Å². The van der Waals surface area contributed by atoms with E-state index in [-0.39, 0.29) is 0 Å². The second-order valence-corrected chi connectivity index (χ2v) is 4.64. The molecule has 1 rings (SSSR count). The molecular weight excluding hydrogens is 232 g/mol. The molecule has 0 radical (unpaired) electrons. The van der Waals surface area contributed by atoms with Gasteiger partial charge in [0.05, 0.1) is 0 Å². The summed E-state index contributed by atoms with van der Waals surface area (Å²) in [6.45, 7) is 6.50. The molecule has 0 aliphatic carbocycles. The molecule has 68 valence electrons. The number of benzene rings is 1. The predicted molar refractivity (Wildman–Crippen MR) is 61.9 cm³/mol. The monoisotopic (exact) mass is 246 g/mol. The summed E-state index contributed by atoms with van der Waals surface area (Å²) in [6, 6.07) is 7.80. The van der Waals surface area contributed by atoms with E-state index in [1.807, 2.05) is 24.3 Å². The predicted octanol–water partition coefficient (Wildman–Crippen LogP) is 4.40. The average Bonchev–Trinajstić information content (AvgIpc) is 1.94. The van der Waals surface area contributed by atoms with Crippen LogP contribution in [0.2, 0.25) is 0 Å². The van der Waals surface area contributed by atoms with Crippen LogP contribution in [-0.2, 0) is 0 Å². The molecule has 0 N–H and O–H groups in total. The van der Waals surface area contributed by atoms with Crippen molar-refractivity contribution in [2.24, 2.45) is 5.92 Å². The van der Waals surface area contributed by atoms with Gasteiger partial charge in [-0.2, -0.15) is 0 Å². The van der Waals surface area contributed by atoms with Crippen LogP contribution in [0.1, 0.15) is 20.8 Å². The van der Waals surface area contributed by atoms with Crippen LogP contribution in [-0.4, -0.2) is 0 Å². The van der Waals surface area contributed by atoms with Gasteiger partial charge < -0.3 is 0 Å². The first kappa shape index (κ1) is 12.0. The maximum Gasteiger partial charge on any atom is 0.0176 e. The Morgan fingerprint density at radius 2 is 1.42 bits per heavy atom. The Morgan fingerprint density at radius 1 is 1.08 bits per heavy atom. The van der Waals surface area contributed by atoms with E-state index in [0.29, 0.717) is 0 Å². The van der Waals surface area contributed by atoms with Crippen LogP contribution in [0.25, 0.3) is 0 Å². The smallest absolute Gasteiger partial charge is 0.0176 e. The van der Waals surface area contributed by atoms with Crippen LogP contribution in [0.4, 0.5) is 0 Å². The van der Waals surface area contributed by atoms with Gasteiger partial charge in [0.25, 0.3) is 0 Å². The lowest BCUT2D eigenvalue weighted by molar-refractivity contribution is 0.737. The maximum atomic E-state index is 4.11. The summed E-state index contributed by atoms with van der Waals surface area (Å²) in [5.41, 5.74) is 0. The first-order valence-electron chi connectivity index (χ1n) is 3.97. The quantitative estimate of drug-likeness (QED) is 0.645. The first-order chi connectivity index (χ1) is 5.52. The molecule has 0 amide bonds. The van der Waals surface area contributed by atoms with E-state index in [2.05, 4.69) is 49.3 Å². The number of halogens is 1. The van der Waals surface area contributed by atoms with Crippen molar-refractivity contribution in [1.29, 1.82) is 0 Å². The highest BCUT2D eigenvalue weighted by Crippen LogP contribution is 2.11. The van der Waals surface area contributed by atoms with E-state index in [1.165, 1.54) is 0 Å². The molecule has 0 spiro atoms. The third-order valence-corrected chi connectivity index (χ3v) is 1.65. The molecule has 0 saturated heterocycles. The minimum atomic E-state index is 0.833. The van der Waals surface area contributed by atoms with Gasteiger partial charge in [-0.05, 0) is 30.2 Å². The van der Waals surface area contributed by atoms with Gasteiger partial charge in [0.2, 0.25) is 0 Å². The normalized spacial score (nSPS) is 9.17. The zero-order chi connectivity index (χ0) is 9.56. The molecular formula is C10H15BrS. The van der Waals surface area contributed by atoms with Crippen molar-refractivity contribution >= 4 is 28.6 Å². The molecule has 2 heteroatoms. The van der Waals surface area contributed by atoms with Crippen molar-refractivity contribution in [3.8, 4) is 0 Å². The molecule has 1 aromatic rings. The van der Waals surface area contributed by atoms with Crippen molar-refractivity contribution in [2.45, 2.75) is 25.7 Å². The second kappa shape index (κ2) is 6.55. The molecule has 0 unspecified atom stereocenters. The molecule has 0 aliphatic heterocycles. The van der Waals surface area contributed by atoms with Crippen molar-refractivity contribution in [3.63, 3.8) is 0 Å². The fourth-order valence-electron chi connectivity index (χ4n) is 0.441. The lowest BCUT2D eigenvalue weighted by atomic mass is 10.3. The summed E-state index contributed by atoms with van der Waals surface area (Å²) < 4.78 is 1.09. The van der Waals surface area contributed by atoms with Gasteiger partial charge in [0.1, 0.15) is 0 Å². The zero-order valence-electron chi connectivity index (χ0n) is 7.71. The number of hydrogen-bond donors (Lipinski definition) is 1. The van der Waals surface area contributed by atoms with Crippen molar-refractivity contribution in [2.75, 3.05) is 0 Å². The van der Waals surface area contributed by atoms with Crippen LogP contribution in [0, 0.1) is 5.92 Å². The Bertz CT molecular complexity index is 180. The van der Waals surface area contributed by atoms with Gasteiger partial charge in [-0.15, -0.1) is 12.6 Å². The minimum absolute atomic E-state index is 0.833. The Labute approximate surface area is 88.9 Å². The molecule has 0 atom stereocenters. The fraction of sp³-hybridized carbons (Fsp3) is 0.400. The van der Waals surface area contributed by atoms with Crippen molar-refractivity contribution in [3.05, 3.63) is 28.7 Å². The number of rotatable bonds is 0. The van der Waals surface area contributed by atoms with Gasteiger partial charge in [0, 0.05) is 9.37 Å². The molecule has 1 aromatic carbocycles. The Morgan fingerprint density at radius 3 is 1.67 bits per heavy atom. The molecule has 12 heavy (non-hydrogen) atoms. The lowest BCUT2D eigenvalue weighted by Gasteiger charge is -1.87. The Kier molecular flexibility index (Phi) is 6.58. The van der Waals surface area contributed by atoms with Crippen LogP contribution < -0.4 is 0 Å². The summed E-state index contributed by atoms with van der Waals surface area (Å²) in [6.07, 6.45) is 0. The van der Waals surface area contributed by atoms with Gasteiger partial charge in [-0.25, -0.2) is 0 Å². The molecule has 0 aromatic heterocycles. The highest BCUT2D eigenvalue weighted by atomic mass is 79.9. The van der Waals surface area contributed by atoms with E-state index < -0.39 is 0 Å². The van der Waals surface area contributed by atoms with E-state index in [1.54, 1.807) is 0 Å². The standard InChI is InChI=1S/C6H5BrS.C4H10/c7-5-1-3-6(8)4-2-5;1-4(2)3/h1-4,8H;4H,1-3H3. The summed E-state index contributed by atoms with van der Waals surface area (Å²) in [4.78, 5) is 0.994. The molecule has 0 nitrogen and oxygen atoms in total. The maximum absolute atomic E-state index is 4.11. The molecule has 0 bridgehead atoms. The molecule has 0 saturated carbocycles. The molecule has 0 heterocycles. The third-order valence-electron chi connectivity index (χ3n) is 0.827. The summed E-state index contributed by atoms with van der Waals surface area (Å²) in [7, 11) is 0. The van der Waals surface area contributed by atoms with Gasteiger partial charge >= 0.3 is 0 Å². The van der Waals surface area contributed by atoms with Gasteiger partial charge in [-0.1, -0.05) is 36.7 Å². The van der Waals surface area contributed by atoms with Crippen molar-refractivity contribution < 1.29 is 0 Å². The Hall–Kier alpha value is 0.0500. The van der Waals surface area contributed by atoms with E-state index in [0.717, 1.165) is 15.3 Å². The minimum Gasteiger partial charge on any atom is -0.143 e. The number of hydrogen-bond acceptors (Lipinski definition) is 1. The average molecular weight is 247 g/mol. The molecule has 0 aliphatic rings. The van der Waals surface area contributed by atoms with Crippen LogP contribution in [0.3, 0.4) is 0 Å². The lowest BCUT2D eigenvalue weighted by Crippen LogP contribution is -1.66. The van der Waals surface area contributed by atoms with Crippen LogP contribution in [0.15, 0.2) is 33.6 Å². The second-order valence-electron chi connectivity index (χ2n) is 3.21. The summed E-state index contributed by atoms with van der Waals surface area (Å²) in [5, 5.41) is 0. The largest absolute Gasteiger partial charge is 0.143 e. The van der Waals surface area contributed by atoms with Gasteiger partial charge in [0.15, 0.2) is 0 Å². The topological polar surface area (TPSA) is 0 Å². The highest BCUT2D eigenvalue weighted by molar-refractivity contribution is 9.10. The SMILES string of the molecule is CC(C)C.Sc1ccc(Br)cc1. The highest BCUT2D eigenvalue weighted by Gasteiger charge is 1.82. The fourth-order valence-corrected chi connectivity index (χ4v) is 0.854. The third kappa shape index (κ3) is 8.15. The first-order valence-corrected chi connectivity index (χ1v) is 5.21. The Balaban J connectivity index is 0.000000261.